The second-order valence-electron chi connectivity index (χ2n) is 8.07. The molecule has 0 aliphatic carbocycles. The van der Waals surface area contributed by atoms with Gasteiger partial charge in [-0.25, -0.2) is 8.42 Å². The maximum atomic E-state index is 13.0. The van der Waals surface area contributed by atoms with E-state index in [1.165, 1.54) is 19.2 Å². The second kappa shape index (κ2) is 10.9. The number of carbonyl (C=O) groups is 1. The monoisotopic (exact) mass is 547 g/mol. The number of carbonyl (C=O) groups excluding carboxylic acids is 1. The number of hydrogen-bond donors (Lipinski definition) is 3. The molecule has 0 spiro atoms. The van der Waals surface area contributed by atoms with E-state index in [1.807, 2.05) is 36.4 Å². The molecule has 2 heterocycles. The Bertz CT molecular complexity index is 1480. The Kier molecular flexibility index (Phi) is 7.84. The van der Waals surface area contributed by atoms with E-state index in [2.05, 4.69) is 20.5 Å². The standard InChI is InChI=1S/C24H26ClN5O4S2/c1-15(26-2)24(31)27-13-16-7-9-17(10-8-16)14-30-18-5-4-6-19(34-3)22(18)23(28-30)29-36(32,33)21-12-11-20(25)35-21/h4-12,15,26H,13-14H2,1-3H3,(H,27,31)(H,28,29)/t15-/m1/s1. The van der Waals surface area contributed by atoms with E-state index in [-0.39, 0.29) is 22.0 Å². The summed E-state index contributed by atoms with van der Waals surface area (Å²) in [7, 11) is -0.618. The summed E-state index contributed by atoms with van der Waals surface area (Å²) in [6.07, 6.45) is 0. The van der Waals surface area contributed by atoms with Crippen LogP contribution in [0, 0.1) is 0 Å². The van der Waals surface area contributed by atoms with E-state index in [0.29, 0.717) is 34.1 Å². The highest BCUT2D eigenvalue weighted by molar-refractivity contribution is 7.94. The van der Waals surface area contributed by atoms with Crippen LogP contribution in [0.3, 0.4) is 0 Å². The van der Waals surface area contributed by atoms with E-state index >= 15 is 0 Å². The molecule has 1 atom stereocenters. The molecule has 12 heteroatoms. The summed E-state index contributed by atoms with van der Waals surface area (Å²) < 4.78 is 36.2. The number of fused-ring (bicyclic) bond motifs is 1. The topological polar surface area (TPSA) is 114 Å². The number of thiophene rings is 1. The van der Waals surface area contributed by atoms with Crippen molar-refractivity contribution in [1.29, 1.82) is 0 Å². The molecular formula is C24H26ClN5O4S2. The largest absolute Gasteiger partial charge is 0.496 e. The van der Waals surface area contributed by atoms with Gasteiger partial charge < -0.3 is 15.4 Å². The number of halogens is 1. The third kappa shape index (κ3) is 5.65. The fraction of sp³-hybridized carbons (Fsp3) is 0.250. The van der Waals surface area contributed by atoms with Crippen LogP contribution >= 0.6 is 22.9 Å². The van der Waals surface area contributed by atoms with Crippen LogP contribution in [0.25, 0.3) is 10.9 Å². The number of likely N-dealkylation sites (N-methyl/N-ethyl adjacent to an activating group) is 1. The van der Waals surface area contributed by atoms with Crippen molar-refractivity contribution < 1.29 is 17.9 Å². The van der Waals surface area contributed by atoms with E-state index in [4.69, 9.17) is 16.3 Å². The fourth-order valence-corrected chi connectivity index (χ4v) is 6.08. The molecule has 0 saturated heterocycles. The summed E-state index contributed by atoms with van der Waals surface area (Å²) in [5, 5.41) is 10.9. The van der Waals surface area contributed by atoms with Gasteiger partial charge in [-0.3, -0.25) is 14.2 Å². The lowest BCUT2D eigenvalue weighted by atomic mass is 10.1. The van der Waals surface area contributed by atoms with Crippen LogP contribution in [-0.2, 0) is 27.9 Å². The fourth-order valence-electron chi connectivity index (χ4n) is 3.59. The first kappa shape index (κ1) is 26.0. The smallest absolute Gasteiger partial charge is 0.272 e. The summed E-state index contributed by atoms with van der Waals surface area (Å²) in [5.41, 5.74) is 2.64. The Balaban J connectivity index is 1.59. The number of sulfonamides is 1. The summed E-state index contributed by atoms with van der Waals surface area (Å²) in [4.78, 5) is 12.0. The third-order valence-corrected chi connectivity index (χ3v) is 8.71. The van der Waals surface area contributed by atoms with Crippen LogP contribution in [-0.4, -0.2) is 44.3 Å². The van der Waals surface area contributed by atoms with Crippen molar-refractivity contribution in [3.8, 4) is 5.75 Å². The molecule has 1 amide bonds. The average Bonchev–Trinajstić information content (AvgIpc) is 3.46. The lowest BCUT2D eigenvalue weighted by Gasteiger charge is -2.11. The normalized spacial score (nSPS) is 12.4. The van der Waals surface area contributed by atoms with Crippen molar-refractivity contribution in [3.63, 3.8) is 0 Å². The lowest BCUT2D eigenvalue weighted by Crippen LogP contribution is -2.39. The Morgan fingerprint density at radius 3 is 2.50 bits per heavy atom. The molecule has 2 aromatic heterocycles. The molecule has 4 aromatic rings. The van der Waals surface area contributed by atoms with Crippen molar-refractivity contribution >= 4 is 55.6 Å². The quantitative estimate of drug-likeness (QED) is 0.278. The van der Waals surface area contributed by atoms with Gasteiger partial charge in [-0.15, -0.1) is 11.3 Å². The maximum Gasteiger partial charge on any atom is 0.272 e. The highest BCUT2D eigenvalue weighted by atomic mass is 35.5. The summed E-state index contributed by atoms with van der Waals surface area (Å²) in [6.45, 7) is 2.62. The molecule has 0 aliphatic rings. The van der Waals surface area contributed by atoms with Crippen molar-refractivity contribution in [1.82, 2.24) is 20.4 Å². The van der Waals surface area contributed by atoms with Crippen molar-refractivity contribution in [3.05, 3.63) is 70.1 Å². The Hall–Kier alpha value is -3.12. The van der Waals surface area contributed by atoms with Crippen molar-refractivity contribution in [2.45, 2.75) is 30.3 Å². The Labute approximate surface area is 218 Å². The van der Waals surface area contributed by atoms with Gasteiger partial charge in [-0.05, 0) is 49.4 Å². The zero-order valence-electron chi connectivity index (χ0n) is 19.9. The number of methoxy groups -OCH3 is 1. The van der Waals surface area contributed by atoms with Crippen LogP contribution in [0.5, 0.6) is 5.75 Å². The van der Waals surface area contributed by atoms with E-state index in [9.17, 15) is 13.2 Å². The molecular weight excluding hydrogens is 522 g/mol. The van der Waals surface area contributed by atoms with Crippen LogP contribution in [0.1, 0.15) is 18.1 Å². The first-order chi connectivity index (χ1) is 17.2. The summed E-state index contributed by atoms with van der Waals surface area (Å²) >= 11 is 6.90. The predicted molar refractivity (Wildman–Crippen MR) is 142 cm³/mol. The van der Waals surface area contributed by atoms with Gasteiger partial charge in [0.2, 0.25) is 5.91 Å². The highest BCUT2D eigenvalue weighted by Gasteiger charge is 2.23. The molecule has 0 aliphatic heterocycles. The van der Waals surface area contributed by atoms with Gasteiger partial charge in [0.1, 0.15) is 9.96 Å². The van der Waals surface area contributed by atoms with Gasteiger partial charge in [0.05, 0.1) is 34.9 Å². The van der Waals surface area contributed by atoms with Crippen LogP contribution in [0.2, 0.25) is 4.34 Å². The molecule has 0 bridgehead atoms. The van der Waals surface area contributed by atoms with E-state index in [1.54, 1.807) is 24.7 Å². The molecule has 2 aromatic carbocycles. The van der Waals surface area contributed by atoms with Crippen LogP contribution < -0.4 is 20.1 Å². The zero-order valence-corrected chi connectivity index (χ0v) is 22.3. The molecule has 190 valence electrons. The minimum absolute atomic E-state index is 0.0710. The molecule has 0 unspecified atom stereocenters. The average molecular weight is 548 g/mol. The molecule has 4 rings (SSSR count). The zero-order chi connectivity index (χ0) is 25.9. The van der Waals surface area contributed by atoms with Gasteiger partial charge in [0, 0.05) is 6.54 Å². The molecule has 0 radical (unpaired) electrons. The van der Waals surface area contributed by atoms with Gasteiger partial charge >= 0.3 is 0 Å². The van der Waals surface area contributed by atoms with E-state index in [0.717, 1.165) is 22.5 Å². The van der Waals surface area contributed by atoms with Crippen molar-refractivity contribution in [2.24, 2.45) is 0 Å². The molecule has 0 saturated carbocycles. The third-order valence-electron chi connectivity index (χ3n) is 5.65. The number of benzene rings is 2. The molecule has 0 fully saturated rings. The first-order valence-electron chi connectivity index (χ1n) is 11.1. The first-order valence-corrected chi connectivity index (χ1v) is 13.7. The van der Waals surface area contributed by atoms with Gasteiger partial charge in [0.25, 0.3) is 10.0 Å². The maximum absolute atomic E-state index is 13.0. The second-order valence-corrected chi connectivity index (χ2v) is 11.7. The highest BCUT2D eigenvalue weighted by Crippen LogP contribution is 2.35. The summed E-state index contributed by atoms with van der Waals surface area (Å²) in [6, 6.07) is 16.0. The number of anilines is 1. The van der Waals surface area contributed by atoms with Gasteiger partial charge in [0.15, 0.2) is 5.82 Å². The number of rotatable bonds is 10. The number of amides is 1. The van der Waals surface area contributed by atoms with Gasteiger partial charge in [-0.1, -0.05) is 41.9 Å². The number of nitrogens with zero attached hydrogens (tertiary/aromatic N) is 2. The Morgan fingerprint density at radius 1 is 1.14 bits per heavy atom. The van der Waals surface area contributed by atoms with Gasteiger partial charge in [-0.2, -0.15) is 5.10 Å². The Morgan fingerprint density at radius 2 is 1.86 bits per heavy atom. The number of ether oxygens (including phenoxy) is 1. The van der Waals surface area contributed by atoms with Crippen LogP contribution in [0.15, 0.2) is 58.8 Å². The SMILES string of the molecule is CN[C@H](C)C(=O)NCc1ccc(Cn2nc(NS(=O)(=O)c3ccc(Cl)s3)c3c(OC)cccc32)cc1. The number of hydrogen-bond acceptors (Lipinski definition) is 7. The minimum Gasteiger partial charge on any atom is -0.496 e. The van der Waals surface area contributed by atoms with E-state index < -0.39 is 10.0 Å². The number of aromatic nitrogens is 2. The molecule has 9 nitrogen and oxygen atoms in total. The van der Waals surface area contributed by atoms with Crippen molar-refractivity contribution in [2.75, 3.05) is 18.9 Å². The predicted octanol–water partition coefficient (Wildman–Crippen LogP) is 3.83. The van der Waals surface area contributed by atoms with Crippen LogP contribution in [0.4, 0.5) is 5.82 Å². The summed E-state index contributed by atoms with van der Waals surface area (Å²) in [5.74, 6) is 0.603. The number of nitrogens with one attached hydrogen (secondary N) is 3. The molecule has 3 N–H and O–H groups in total. The molecule has 36 heavy (non-hydrogen) atoms. The minimum atomic E-state index is -3.88. The lowest BCUT2D eigenvalue weighted by molar-refractivity contribution is -0.122.